The van der Waals surface area contributed by atoms with E-state index in [-0.39, 0.29) is 12.5 Å². The summed E-state index contributed by atoms with van der Waals surface area (Å²) in [5.41, 5.74) is 2.61. The smallest absolute Gasteiger partial charge is 0.222 e. The lowest BCUT2D eigenvalue weighted by molar-refractivity contribution is -0.130. The number of likely N-dealkylation sites (N-methyl/N-ethyl adjacent to an activating group) is 1. The molecule has 1 N–H and O–H groups in total. The van der Waals surface area contributed by atoms with Crippen molar-refractivity contribution in [3.63, 3.8) is 0 Å². The molecular weight excluding hydrogens is 226 g/mol. The van der Waals surface area contributed by atoms with Gasteiger partial charge in [-0.2, -0.15) is 0 Å². The molecule has 1 rings (SSSR count). The molecule has 0 fully saturated rings. The van der Waals surface area contributed by atoms with Crippen molar-refractivity contribution in [2.45, 2.75) is 32.6 Å². The van der Waals surface area contributed by atoms with Crippen LogP contribution < -0.4 is 0 Å². The number of aliphatic hydroxyl groups excluding tert-OH is 1. The molecule has 18 heavy (non-hydrogen) atoms. The first-order valence-electron chi connectivity index (χ1n) is 6.54. The molecule has 0 unspecified atom stereocenters. The number of amides is 1. The zero-order valence-electron chi connectivity index (χ0n) is 11.4. The highest BCUT2D eigenvalue weighted by molar-refractivity contribution is 5.75. The van der Waals surface area contributed by atoms with E-state index in [0.717, 1.165) is 19.3 Å². The Morgan fingerprint density at radius 3 is 2.50 bits per heavy atom. The van der Waals surface area contributed by atoms with Crippen LogP contribution in [-0.2, 0) is 11.2 Å². The van der Waals surface area contributed by atoms with Crippen molar-refractivity contribution < 1.29 is 9.90 Å². The van der Waals surface area contributed by atoms with E-state index in [1.807, 2.05) is 0 Å². The van der Waals surface area contributed by atoms with Crippen LogP contribution in [0.4, 0.5) is 0 Å². The van der Waals surface area contributed by atoms with Gasteiger partial charge >= 0.3 is 0 Å². The van der Waals surface area contributed by atoms with E-state index in [4.69, 9.17) is 5.11 Å². The molecule has 0 radical (unpaired) electrons. The number of carbonyl (C=O) groups excluding carboxylic acids is 1. The Kier molecular flexibility index (Phi) is 6.44. The lowest BCUT2D eigenvalue weighted by Crippen LogP contribution is -2.29. The van der Waals surface area contributed by atoms with Crippen molar-refractivity contribution in [2.24, 2.45) is 0 Å². The third kappa shape index (κ3) is 5.32. The predicted molar refractivity (Wildman–Crippen MR) is 73.5 cm³/mol. The van der Waals surface area contributed by atoms with E-state index >= 15 is 0 Å². The number of benzene rings is 1. The van der Waals surface area contributed by atoms with Crippen molar-refractivity contribution >= 4 is 5.91 Å². The molecule has 1 aromatic rings. The third-order valence-corrected chi connectivity index (χ3v) is 3.09. The fraction of sp³-hybridized carbons (Fsp3) is 0.533. The zero-order valence-corrected chi connectivity index (χ0v) is 11.4. The van der Waals surface area contributed by atoms with Gasteiger partial charge in [0.1, 0.15) is 0 Å². The van der Waals surface area contributed by atoms with E-state index in [1.165, 1.54) is 11.1 Å². The molecule has 1 aromatic carbocycles. The second-order valence-corrected chi connectivity index (χ2v) is 4.73. The summed E-state index contributed by atoms with van der Waals surface area (Å²) in [6.45, 7) is 2.54. The number of hydrogen-bond donors (Lipinski definition) is 1. The number of hydrogen-bond acceptors (Lipinski definition) is 2. The second-order valence-electron chi connectivity index (χ2n) is 4.73. The van der Waals surface area contributed by atoms with Gasteiger partial charge in [-0.1, -0.05) is 29.8 Å². The zero-order chi connectivity index (χ0) is 13.4. The van der Waals surface area contributed by atoms with Crippen LogP contribution in [0.3, 0.4) is 0 Å². The minimum Gasteiger partial charge on any atom is -0.395 e. The molecule has 0 aliphatic rings. The molecule has 0 aliphatic carbocycles. The lowest BCUT2D eigenvalue weighted by Gasteiger charge is -2.15. The van der Waals surface area contributed by atoms with Gasteiger partial charge in [-0.3, -0.25) is 4.79 Å². The summed E-state index contributed by atoms with van der Waals surface area (Å²) in [6.07, 6.45) is 3.53. The van der Waals surface area contributed by atoms with E-state index in [1.54, 1.807) is 11.9 Å². The molecular formula is C15H23NO2. The van der Waals surface area contributed by atoms with Crippen LogP contribution in [0.1, 0.15) is 30.4 Å². The Bertz CT molecular complexity index is 359. The van der Waals surface area contributed by atoms with Gasteiger partial charge in [0.25, 0.3) is 0 Å². The van der Waals surface area contributed by atoms with Crippen LogP contribution in [0, 0.1) is 6.92 Å². The molecule has 0 saturated carbocycles. The van der Waals surface area contributed by atoms with Crippen LogP contribution >= 0.6 is 0 Å². The van der Waals surface area contributed by atoms with Crippen LogP contribution in [0.15, 0.2) is 24.3 Å². The summed E-state index contributed by atoms with van der Waals surface area (Å²) in [6, 6.07) is 8.54. The highest BCUT2D eigenvalue weighted by Gasteiger charge is 2.06. The minimum atomic E-state index is 0.0333. The predicted octanol–water partition coefficient (Wildman–Crippen LogP) is 2.16. The molecule has 0 spiro atoms. The van der Waals surface area contributed by atoms with E-state index in [0.29, 0.717) is 13.0 Å². The average molecular weight is 249 g/mol. The topological polar surface area (TPSA) is 40.5 Å². The first-order valence-corrected chi connectivity index (χ1v) is 6.54. The SMILES string of the molecule is Cc1ccc(CCCCC(=O)N(C)CCO)cc1. The Morgan fingerprint density at radius 2 is 1.89 bits per heavy atom. The second kappa shape index (κ2) is 7.88. The van der Waals surface area contributed by atoms with Crippen LogP contribution in [0.25, 0.3) is 0 Å². The highest BCUT2D eigenvalue weighted by Crippen LogP contribution is 2.09. The fourth-order valence-electron chi connectivity index (χ4n) is 1.83. The molecule has 0 atom stereocenters. The van der Waals surface area contributed by atoms with Crippen LogP contribution in [0.5, 0.6) is 0 Å². The molecule has 0 aliphatic heterocycles. The van der Waals surface area contributed by atoms with Crippen molar-refractivity contribution in [2.75, 3.05) is 20.2 Å². The summed E-state index contributed by atoms with van der Waals surface area (Å²) in [5, 5.41) is 8.73. The Labute approximate surface area is 109 Å². The summed E-state index contributed by atoms with van der Waals surface area (Å²) >= 11 is 0. The summed E-state index contributed by atoms with van der Waals surface area (Å²) in [5.74, 6) is 0.118. The van der Waals surface area contributed by atoms with Crippen molar-refractivity contribution in [3.8, 4) is 0 Å². The number of rotatable bonds is 7. The first kappa shape index (κ1) is 14.7. The first-order chi connectivity index (χ1) is 8.63. The van der Waals surface area contributed by atoms with E-state index in [2.05, 4.69) is 31.2 Å². The number of unbranched alkanes of at least 4 members (excludes halogenated alkanes) is 1. The largest absolute Gasteiger partial charge is 0.395 e. The Balaban J connectivity index is 2.18. The highest BCUT2D eigenvalue weighted by atomic mass is 16.3. The molecule has 0 heterocycles. The maximum atomic E-state index is 11.6. The number of aliphatic hydroxyl groups is 1. The molecule has 0 aromatic heterocycles. The van der Waals surface area contributed by atoms with Gasteiger partial charge < -0.3 is 10.0 Å². The standard InChI is InChI=1S/C15H23NO2/c1-13-7-9-14(10-8-13)5-3-4-6-15(18)16(2)11-12-17/h7-10,17H,3-6,11-12H2,1-2H3. The van der Waals surface area contributed by atoms with Crippen molar-refractivity contribution in [1.29, 1.82) is 0 Å². The lowest BCUT2D eigenvalue weighted by atomic mass is 10.1. The Hall–Kier alpha value is -1.35. The molecule has 3 heteroatoms. The molecule has 1 amide bonds. The van der Waals surface area contributed by atoms with Gasteiger partial charge in [0.05, 0.1) is 6.61 Å². The van der Waals surface area contributed by atoms with Crippen molar-refractivity contribution in [3.05, 3.63) is 35.4 Å². The summed E-state index contributed by atoms with van der Waals surface area (Å²) < 4.78 is 0. The quantitative estimate of drug-likeness (QED) is 0.752. The van der Waals surface area contributed by atoms with Crippen LogP contribution in [-0.4, -0.2) is 36.1 Å². The molecule has 100 valence electrons. The van der Waals surface area contributed by atoms with Gasteiger partial charge in [-0.05, 0) is 31.7 Å². The Morgan fingerprint density at radius 1 is 1.22 bits per heavy atom. The van der Waals surface area contributed by atoms with Gasteiger partial charge in [0.15, 0.2) is 0 Å². The van der Waals surface area contributed by atoms with Gasteiger partial charge in [0.2, 0.25) is 5.91 Å². The number of nitrogens with zero attached hydrogens (tertiary/aromatic N) is 1. The maximum Gasteiger partial charge on any atom is 0.222 e. The molecule has 0 saturated heterocycles. The third-order valence-electron chi connectivity index (χ3n) is 3.09. The van der Waals surface area contributed by atoms with Gasteiger partial charge in [-0.15, -0.1) is 0 Å². The summed E-state index contributed by atoms with van der Waals surface area (Å²) in [4.78, 5) is 13.2. The normalized spacial score (nSPS) is 10.4. The van der Waals surface area contributed by atoms with E-state index < -0.39 is 0 Å². The molecule has 0 bridgehead atoms. The maximum absolute atomic E-state index is 11.6. The van der Waals surface area contributed by atoms with Gasteiger partial charge in [0, 0.05) is 20.0 Å². The minimum absolute atomic E-state index is 0.0333. The van der Waals surface area contributed by atoms with E-state index in [9.17, 15) is 4.79 Å². The van der Waals surface area contributed by atoms with Gasteiger partial charge in [-0.25, -0.2) is 0 Å². The number of aryl methyl sites for hydroxylation is 2. The van der Waals surface area contributed by atoms with Crippen molar-refractivity contribution in [1.82, 2.24) is 4.90 Å². The fourth-order valence-corrected chi connectivity index (χ4v) is 1.83. The number of carbonyl (C=O) groups is 1. The average Bonchev–Trinajstić information content (AvgIpc) is 2.36. The monoisotopic (exact) mass is 249 g/mol. The molecule has 3 nitrogen and oxygen atoms in total. The summed E-state index contributed by atoms with van der Waals surface area (Å²) in [7, 11) is 1.73. The van der Waals surface area contributed by atoms with Crippen LogP contribution in [0.2, 0.25) is 0 Å².